The minimum atomic E-state index is -4.34. The fourth-order valence-corrected chi connectivity index (χ4v) is 29.0. The average Bonchev–Trinajstić information content (AvgIpc) is 1.58. The van der Waals surface area contributed by atoms with Gasteiger partial charge in [-0.2, -0.15) is 17.2 Å². The summed E-state index contributed by atoms with van der Waals surface area (Å²) < 4.78 is 249. The van der Waals surface area contributed by atoms with Crippen LogP contribution in [0, 0.1) is 0 Å². The maximum absolute atomic E-state index is 14.0. The normalized spacial score (nSPS) is 15.3. The van der Waals surface area contributed by atoms with E-state index in [2.05, 4.69) is 35.9 Å². The largest absolute Gasteiger partial charge is 0.488 e. The Labute approximate surface area is 829 Å². The van der Waals surface area contributed by atoms with Gasteiger partial charge in [0, 0.05) is 129 Å². The molecule has 5 fully saturated rings. The molecule has 13 heterocycles. The van der Waals surface area contributed by atoms with Gasteiger partial charge in [-0.25, -0.2) is 112 Å². The zero-order chi connectivity index (χ0) is 101. The molecule has 5 aliphatic heterocycles. The third-order valence-electron chi connectivity index (χ3n) is 24.3. The summed E-state index contributed by atoms with van der Waals surface area (Å²) in [6, 6.07) is 69.5. The van der Waals surface area contributed by atoms with E-state index in [4.69, 9.17) is 14.8 Å². The number of alkyl halides is 2. The van der Waals surface area contributed by atoms with E-state index in [0.29, 0.717) is 107 Å². The number of sulfonamides is 4. The fourth-order valence-electron chi connectivity index (χ4n) is 16.9. The van der Waals surface area contributed by atoms with Crippen LogP contribution >= 0.6 is 15.9 Å². The van der Waals surface area contributed by atoms with Crippen LogP contribution in [0.2, 0.25) is 0 Å². The number of hydrogen-bond donors (Lipinski definition) is 2. The van der Waals surface area contributed by atoms with Crippen LogP contribution in [0.1, 0.15) is 86.8 Å². The number of nitrogens with zero attached hydrogens (tertiary/aromatic N) is 12. The molecular formula is C98H94BBrF2N12O20S8. The van der Waals surface area contributed by atoms with Crippen molar-refractivity contribution >= 4 is 159 Å². The molecule has 0 spiro atoms. The molecule has 5 aliphatic rings. The van der Waals surface area contributed by atoms with Gasteiger partial charge in [-0.05, 0) is 265 Å². The number of pyridine rings is 4. The topological polar surface area (TPSA) is 424 Å². The first-order valence-electron chi connectivity index (χ1n) is 45.0. The van der Waals surface area contributed by atoms with Crippen molar-refractivity contribution in [3.05, 3.63) is 320 Å². The molecular weight excluding hydrogens is 2050 g/mol. The van der Waals surface area contributed by atoms with Gasteiger partial charge in [0.1, 0.15) is 5.69 Å². The van der Waals surface area contributed by atoms with Crippen molar-refractivity contribution in [2.45, 2.75) is 110 Å². The molecule has 2 N–H and O–H groups in total. The zero-order valence-corrected chi connectivity index (χ0v) is 83.9. The zero-order valence-electron chi connectivity index (χ0n) is 75.8. The summed E-state index contributed by atoms with van der Waals surface area (Å²) in [6.07, 6.45) is 15.8. The number of fused-ring (bicyclic) bond motifs is 4. The van der Waals surface area contributed by atoms with Crippen LogP contribution in [0.5, 0.6) is 0 Å². The first kappa shape index (κ1) is 103. The van der Waals surface area contributed by atoms with Crippen molar-refractivity contribution in [3.63, 3.8) is 0 Å². The van der Waals surface area contributed by atoms with Gasteiger partial charge in [0.15, 0.2) is 28.9 Å². The van der Waals surface area contributed by atoms with Gasteiger partial charge < -0.3 is 14.8 Å². The van der Waals surface area contributed by atoms with Gasteiger partial charge in [0.2, 0.25) is 40.1 Å². The minimum absolute atomic E-state index is 0.0410. The second-order valence-electron chi connectivity index (χ2n) is 33.2. The second-order valence-corrected chi connectivity index (χ2v) is 49.0. The van der Waals surface area contributed by atoms with Gasteiger partial charge in [0.05, 0.1) is 44.9 Å². The predicted octanol–water partition coefficient (Wildman–Crippen LogP) is 14.9. The van der Waals surface area contributed by atoms with Crippen molar-refractivity contribution in [3.8, 4) is 33.4 Å². The maximum atomic E-state index is 14.0. The molecule has 0 saturated carbocycles. The molecule has 0 bridgehead atoms. The van der Waals surface area contributed by atoms with Crippen LogP contribution in [-0.2, 0) is 84.9 Å². The Morgan fingerprint density at radius 1 is 0.317 bits per heavy atom. The predicted molar refractivity (Wildman–Crippen MR) is 538 cm³/mol. The third-order valence-corrected chi connectivity index (χ3v) is 39.4. The van der Waals surface area contributed by atoms with Crippen molar-refractivity contribution in [1.29, 1.82) is 0 Å². The van der Waals surface area contributed by atoms with Crippen LogP contribution in [0.4, 0.5) is 8.78 Å². The molecule has 16 aromatic rings. The van der Waals surface area contributed by atoms with E-state index in [9.17, 15) is 80.9 Å². The molecule has 0 atom stereocenters. The molecule has 0 unspecified atom stereocenters. The number of aldehydes is 1. The number of halogens is 3. The Kier molecular flexibility index (Phi) is 31.6. The smallest absolute Gasteiger partial charge is 0.423 e. The quantitative estimate of drug-likeness (QED) is 0.0470. The Morgan fingerprint density at radius 3 is 0.937 bits per heavy atom. The Bertz CT molecular complexity index is 8260. The van der Waals surface area contributed by atoms with E-state index in [-0.39, 0.29) is 67.0 Å². The lowest BCUT2D eigenvalue weighted by molar-refractivity contribution is 0.111. The van der Waals surface area contributed by atoms with Gasteiger partial charge in [-0.3, -0.25) is 4.79 Å². The summed E-state index contributed by atoms with van der Waals surface area (Å²) in [5, 5.41) is 20.0. The first-order valence-corrected chi connectivity index (χ1v) is 57.3. The van der Waals surface area contributed by atoms with E-state index in [0.717, 1.165) is 95.6 Å². The molecule has 44 heteroatoms. The number of carbonyl (C=O) groups excluding carboxylic acids is 1. The van der Waals surface area contributed by atoms with Crippen molar-refractivity contribution in [1.82, 2.24) is 53.0 Å². The monoisotopic (exact) mass is 2140 g/mol. The van der Waals surface area contributed by atoms with Crippen LogP contribution < -0.4 is 5.46 Å². The van der Waals surface area contributed by atoms with Gasteiger partial charge in [-0.1, -0.05) is 121 Å². The van der Waals surface area contributed by atoms with Crippen LogP contribution in [0.3, 0.4) is 0 Å². The van der Waals surface area contributed by atoms with Crippen LogP contribution in [-0.4, -0.2) is 209 Å². The molecule has 5 saturated heterocycles. The van der Waals surface area contributed by atoms with Crippen molar-refractivity contribution in [2.24, 2.45) is 0 Å². The van der Waals surface area contributed by atoms with E-state index in [1.165, 1.54) is 142 Å². The number of ether oxygens (including phenoxy) is 1. The summed E-state index contributed by atoms with van der Waals surface area (Å²) >= 11 is 3.39. The third kappa shape index (κ3) is 21.6. The SMILES string of the molecule is C1CCOC1.O=Cc1cc2c(-c3ccc(S(=O)(=O)N4CCCC4)cc3)ccnc2n1S(=O)(=O)c1ccccc1.O=S(=O)(c1ccc(-c2ccnc3c2cc(C(F)F)n3S(=O)(=O)c2ccccc2)cc1)N1CCCC1.O=S(=O)(c1ccc(-c2ccnc3c2ccn3S(=O)(=O)c2ccccc2)cc1)N1CCCC1.O=S(=O)(c1ccc(B(O)O)cc1)N1CCCC1.O=S(=O)(c1ccccc1)n1ccc2c(Br)ccnc21. The highest BCUT2D eigenvalue weighted by molar-refractivity contribution is 9.10. The van der Waals surface area contributed by atoms with Gasteiger partial charge in [0.25, 0.3) is 46.5 Å². The average molecular weight is 2150 g/mol. The summed E-state index contributed by atoms with van der Waals surface area (Å²) in [5.41, 5.74) is 4.16. The molecule has 32 nitrogen and oxygen atoms in total. The maximum Gasteiger partial charge on any atom is 0.488 e. The Morgan fingerprint density at radius 2 is 0.606 bits per heavy atom. The molecule has 142 heavy (non-hydrogen) atoms. The first-order chi connectivity index (χ1) is 68.1. The van der Waals surface area contributed by atoms with E-state index >= 15 is 0 Å². The minimum Gasteiger partial charge on any atom is -0.423 e. The molecule has 0 radical (unpaired) electrons. The van der Waals surface area contributed by atoms with Crippen molar-refractivity contribution in [2.75, 3.05) is 65.6 Å². The highest BCUT2D eigenvalue weighted by Crippen LogP contribution is 2.40. The fraction of sp³-hybridized carbons (Fsp3) is 0.214. The van der Waals surface area contributed by atoms with E-state index < -0.39 is 99.4 Å². The lowest BCUT2D eigenvalue weighted by Gasteiger charge is -2.15. The standard InChI is InChI=1S/C24H21F2N3O4S2.C24H21N3O5S2.C23H21N3O4S2.C13H9BrN2O2S.C10H14BNO4S.C4H8O/c25-23(26)22-16-21-20(17-8-10-19(11-9-17)34(30,31)28-14-4-5-15-28)12-13-27-24(21)29(22)35(32,33)18-6-2-1-3-7-18;28-17-19-16-23-22(18-8-10-21(11-9-18)33(29,30)26-14-4-5-15-26)12-13-25-24(23)27(19)34(31,32)20-6-2-1-3-7-20;27-31(28,25-15-4-5-16-25)20-10-8-18(9-11-20)21-12-14-24-23-22(21)13-17-26(23)32(29,30)19-6-2-1-3-7-19;14-12-6-8-15-13-11(12)7-9-16(13)19(17,18)10-4-2-1-3-5-10;13-11(14)9-3-5-10(6-4-9)17(15,16)12-7-1-2-8-12;1-2-4-5-3-1/h1-3,6-13,16,23H,4-5,14-15H2;1-3,6-13,16-17H,4-5,14-15H2;1-3,6-14,17H,4-5,15-16H2;1-9H;3-6,13-14H,1-2,7-8H2;1-4H2. The molecule has 738 valence electrons. The Balaban J connectivity index is 0.000000129. The number of rotatable bonds is 22. The highest BCUT2D eigenvalue weighted by Gasteiger charge is 2.35. The van der Waals surface area contributed by atoms with Crippen LogP contribution in [0.25, 0.3) is 77.5 Å². The lowest BCUT2D eigenvalue weighted by Crippen LogP contribution is -2.31. The van der Waals surface area contributed by atoms with E-state index in [1.807, 2.05) is 0 Å². The highest BCUT2D eigenvalue weighted by atomic mass is 79.9. The summed E-state index contributed by atoms with van der Waals surface area (Å²) in [6.45, 7) is 6.24. The molecule has 8 aromatic heterocycles. The number of benzene rings is 8. The Hall–Kier alpha value is -12.1. The molecule has 21 rings (SSSR count). The molecule has 0 amide bonds. The van der Waals surface area contributed by atoms with Crippen LogP contribution in [0.15, 0.2) is 348 Å². The van der Waals surface area contributed by atoms with E-state index in [1.54, 1.807) is 194 Å². The van der Waals surface area contributed by atoms with Crippen molar-refractivity contribution < 1.29 is 95.7 Å². The van der Waals surface area contributed by atoms with Gasteiger partial charge in [-0.15, -0.1) is 0 Å². The summed E-state index contributed by atoms with van der Waals surface area (Å²) in [5.74, 6) is 0. The number of hydrogen-bond acceptors (Lipinski definition) is 24. The second kappa shape index (κ2) is 43.6. The summed E-state index contributed by atoms with van der Waals surface area (Å²) in [4.78, 5) is 29.8. The molecule has 8 aromatic carbocycles. The number of aromatic nitrogens is 8. The van der Waals surface area contributed by atoms with Gasteiger partial charge >= 0.3 is 7.12 Å². The number of carbonyl (C=O) groups is 1. The summed E-state index contributed by atoms with van der Waals surface area (Å²) in [7, 11) is -31.4. The molecule has 0 aliphatic carbocycles. The lowest BCUT2D eigenvalue weighted by atomic mass is 9.81.